The SMILES string of the molecule is Cc1cc(Nc2ccccc2S(N)(=O)=O)ccc1C(=O)O. The lowest BCUT2D eigenvalue weighted by Gasteiger charge is -2.12. The first-order valence-corrected chi connectivity index (χ1v) is 7.56. The summed E-state index contributed by atoms with van der Waals surface area (Å²) in [5, 5.41) is 17.1. The molecule has 2 rings (SSSR count). The summed E-state index contributed by atoms with van der Waals surface area (Å²) in [4.78, 5) is 10.9. The van der Waals surface area contributed by atoms with Gasteiger partial charge in [0.15, 0.2) is 0 Å². The third-order valence-corrected chi connectivity index (χ3v) is 3.90. The van der Waals surface area contributed by atoms with Crippen molar-refractivity contribution < 1.29 is 18.3 Å². The van der Waals surface area contributed by atoms with E-state index in [0.29, 0.717) is 16.9 Å². The number of hydrogen-bond acceptors (Lipinski definition) is 4. The van der Waals surface area contributed by atoms with Crippen LogP contribution in [0.15, 0.2) is 47.4 Å². The fourth-order valence-corrected chi connectivity index (χ4v) is 2.65. The minimum atomic E-state index is -3.84. The van der Waals surface area contributed by atoms with Gasteiger partial charge in [0.1, 0.15) is 4.90 Å². The van der Waals surface area contributed by atoms with Crippen molar-refractivity contribution in [3.8, 4) is 0 Å². The van der Waals surface area contributed by atoms with Crippen LogP contribution in [0.25, 0.3) is 0 Å². The molecule has 21 heavy (non-hydrogen) atoms. The average molecular weight is 306 g/mol. The molecule has 0 saturated heterocycles. The molecule has 110 valence electrons. The molecular formula is C14H14N2O4S. The Balaban J connectivity index is 2.40. The Morgan fingerprint density at radius 2 is 1.86 bits per heavy atom. The number of nitrogens with two attached hydrogens (primary N) is 1. The number of aryl methyl sites for hydroxylation is 1. The molecule has 0 unspecified atom stereocenters. The second-order valence-electron chi connectivity index (χ2n) is 4.50. The topological polar surface area (TPSA) is 109 Å². The number of anilines is 2. The molecule has 0 fully saturated rings. The van der Waals surface area contributed by atoms with Gasteiger partial charge in [-0.15, -0.1) is 0 Å². The number of sulfonamides is 1. The number of rotatable bonds is 4. The molecule has 0 spiro atoms. The van der Waals surface area contributed by atoms with Crippen LogP contribution in [-0.4, -0.2) is 19.5 Å². The zero-order valence-electron chi connectivity index (χ0n) is 11.2. The molecule has 0 aliphatic heterocycles. The van der Waals surface area contributed by atoms with Gasteiger partial charge in [0, 0.05) is 5.69 Å². The molecule has 0 aromatic heterocycles. The summed E-state index contributed by atoms with van der Waals surface area (Å²) < 4.78 is 23.0. The van der Waals surface area contributed by atoms with Gasteiger partial charge in [-0.1, -0.05) is 12.1 Å². The highest BCUT2D eigenvalue weighted by atomic mass is 32.2. The van der Waals surface area contributed by atoms with Crippen molar-refractivity contribution in [3.63, 3.8) is 0 Å². The fourth-order valence-electron chi connectivity index (χ4n) is 1.95. The molecule has 4 N–H and O–H groups in total. The van der Waals surface area contributed by atoms with Crippen molar-refractivity contribution in [1.29, 1.82) is 0 Å². The van der Waals surface area contributed by atoms with E-state index in [0.717, 1.165) is 0 Å². The molecule has 0 amide bonds. The molecule has 0 bridgehead atoms. The van der Waals surface area contributed by atoms with Gasteiger partial charge in [-0.3, -0.25) is 0 Å². The van der Waals surface area contributed by atoms with Crippen molar-refractivity contribution >= 4 is 27.4 Å². The lowest BCUT2D eigenvalue weighted by molar-refractivity contribution is 0.0696. The maximum atomic E-state index is 11.5. The van der Waals surface area contributed by atoms with E-state index in [4.69, 9.17) is 10.2 Å². The maximum absolute atomic E-state index is 11.5. The number of carboxylic acid groups (broad SMARTS) is 1. The van der Waals surface area contributed by atoms with Crippen LogP contribution in [0, 0.1) is 6.92 Å². The highest BCUT2D eigenvalue weighted by Crippen LogP contribution is 2.25. The minimum Gasteiger partial charge on any atom is -0.478 e. The molecule has 0 aliphatic rings. The van der Waals surface area contributed by atoms with E-state index >= 15 is 0 Å². The monoisotopic (exact) mass is 306 g/mol. The normalized spacial score (nSPS) is 11.1. The van der Waals surface area contributed by atoms with Crippen molar-refractivity contribution in [3.05, 3.63) is 53.6 Å². The number of nitrogens with one attached hydrogen (secondary N) is 1. The quantitative estimate of drug-likeness (QED) is 0.801. The first-order valence-electron chi connectivity index (χ1n) is 6.02. The predicted octanol–water partition coefficient (Wildman–Crippen LogP) is 2.08. The van der Waals surface area contributed by atoms with Crippen molar-refractivity contribution in [2.75, 3.05) is 5.32 Å². The molecule has 0 heterocycles. The lowest BCUT2D eigenvalue weighted by Crippen LogP contribution is -2.14. The summed E-state index contributed by atoms with van der Waals surface area (Å²) in [5.74, 6) is -1.01. The van der Waals surface area contributed by atoms with Crippen LogP contribution >= 0.6 is 0 Å². The summed E-state index contributed by atoms with van der Waals surface area (Å²) in [5.41, 5.74) is 1.68. The number of carbonyl (C=O) groups is 1. The Morgan fingerprint density at radius 3 is 2.43 bits per heavy atom. The zero-order valence-corrected chi connectivity index (χ0v) is 12.0. The molecule has 0 saturated carbocycles. The predicted molar refractivity (Wildman–Crippen MR) is 79.2 cm³/mol. The maximum Gasteiger partial charge on any atom is 0.335 e. The van der Waals surface area contributed by atoms with Gasteiger partial charge in [0.05, 0.1) is 11.3 Å². The van der Waals surface area contributed by atoms with Crippen LogP contribution in [0.3, 0.4) is 0 Å². The fraction of sp³-hybridized carbons (Fsp3) is 0.0714. The summed E-state index contributed by atoms with van der Waals surface area (Å²) in [6.45, 7) is 1.67. The Bertz CT molecular complexity index is 800. The number of carboxylic acids is 1. The van der Waals surface area contributed by atoms with Gasteiger partial charge in [-0.25, -0.2) is 18.4 Å². The minimum absolute atomic E-state index is 0.0232. The van der Waals surface area contributed by atoms with Gasteiger partial charge in [0.2, 0.25) is 10.0 Å². The number of primary sulfonamides is 1. The van der Waals surface area contributed by atoms with Gasteiger partial charge in [-0.2, -0.15) is 0 Å². The summed E-state index contributed by atoms with van der Waals surface area (Å²) in [7, 11) is -3.84. The third kappa shape index (κ3) is 3.39. The molecule has 2 aromatic carbocycles. The third-order valence-electron chi connectivity index (χ3n) is 2.93. The van der Waals surface area contributed by atoms with Gasteiger partial charge < -0.3 is 10.4 Å². The van der Waals surface area contributed by atoms with Crippen LogP contribution < -0.4 is 10.5 Å². The highest BCUT2D eigenvalue weighted by molar-refractivity contribution is 7.89. The molecule has 7 heteroatoms. The van der Waals surface area contributed by atoms with Gasteiger partial charge in [0.25, 0.3) is 0 Å². The Morgan fingerprint density at radius 1 is 1.19 bits per heavy atom. The Hall–Kier alpha value is -2.38. The molecular weight excluding hydrogens is 292 g/mol. The number of aromatic carboxylic acids is 1. The average Bonchev–Trinajstić information content (AvgIpc) is 2.37. The van der Waals surface area contributed by atoms with Crippen molar-refractivity contribution in [1.82, 2.24) is 0 Å². The second-order valence-corrected chi connectivity index (χ2v) is 6.03. The zero-order chi connectivity index (χ0) is 15.6. The standard InChI is InChI=1S/C14H14N2O4S/c1-9-8-10(6-7-11(9)14(17)18)16-12-4-2-3-5-13(12)21(15,19)20/h2-8,16H,1H3,(H,17,18)(H2,15,19,20). The molecule has 2 aromatic rings. The Labute approximate surface area is 122 Å². The van der Waals surface area contributed by atoms with Crippen LogP contribution in [0.2, 0.25) is 0 Å². The van der Waals surface area contributed by atoms with Crippen LogP contribution in [-0.2, 0) is 10.0 Å². The van der Waals surface area contributed by atoms with E-state index in [1.54, 1.807) is 37.3 Å². The number of para-hydroxylation sites is 1. The molecule has 6 nitrogen and oxygen atoms in total. The summed E-state index contributed by atoms with van der Waals surface area (Å²) in [6, 6.07) is 10.9. The van der Waals surface area contributed by atoms with E-state index < -0.39 is 16.0 Å². The van der Waals surface area contributed by atoms with Crippen molar-refractivity contribution in [2.45, 2.75) is 11.8 Å². The highest BCUT2D eigenvalue weighted by Gasteiger charge is 2.14. The van der Waals surface area contributed by atoms with E-state index in [1.165, 1.54) is 12.1 Å². The number of hydrogen-bond donors (Lipinski definition) is 3. The van der Waals surface area contributed by atoms with Crippen LogP contribution in [0.1, 0.15) is 15.9 Å². The van der Waals surface area contributed by atoms with E-state index in [9.17, 15) is 13.2 Å². The van der Waals surface area contributed by atoms with E-state index in [2.05, 4.69) is 5.32 Å². The van der Waals surface area contributed by atoms with Crippen LogP contribution in [0.5, 0.6) is 0 Å². The smallest absolute Gasteiger partial charge is 0.335 e. The first kappa shape index (κ1) is 15.0. The first-order chi connectivity index (χ1) is 9.79. The summed E-state index contributed by atoms with van der Waals surface area (Å²) in [6.07, 6.45) is 0. The van der Waals surface area contributed by atoms with Crippen LogP contribution in [0.4, 0.5) is 11.4 Å². The molecule has 0 atom stereocenters. The second kappa shape index (κ2) is 5.55. The number of benzene rings is 2. The molecule has 0 aliphatic carbocycles. The van der Waals surface area contributed by atoms with Gasteiger partial charge >= 0.3 is 5.97 Å². The summed E-state index contributed by atoms with van der Waals surface area (Å²) >= 11 is 0. The van der Waals surface area contributed by atoms with E-state index in [-0.39, 0.29) is 10.5 Å². The molecule has 0 radical (unpaired) electrons. The Kier molecular flexibility index (Phi) is 3.97. The largest absolute Gasteiger partial charge is 0.478 e. The lowest BCUT2D eigenvalue weighted by atomic mass is 10.1. The van der Waals surface area contributed by atoms with Crippen molar-refractivity contribution in [2.24, 2.45) is 5.14 Å². The van der Waals surface area contributed by atoms with Gasteiger partial charge in [-0.05, 0) is 42.8 Å². The van der Waals surface area contributed by atoms with E-state index in [1.807, 2.05) is 0 Å².